The number of hydrogen-bond acceptors (Lipinski definition) is 5. The molecule has 5 aliphatic carbocycles. The second-order valence-corrected chi connectivity index (χ2v) is 30.0. The topological polar surface area (TPSA) is 115 Å². The van der Waals surface area contributed by atoms with Crippen molar-refractivity contribution in [2.45, 2.75) is 208 Å². The van der Waals surface area contributed by atoms with Gasteiger partial charge in [-0.25, -0.2) is 4.79 Å². The van der Waals surface area contributed by atoms with E-state index >= 15 is 0 Å². The summed E-state index contributed by atoms with van der Waals surface area (Å²) in [5, 5.41) is 18.4. The maximum absolute atomic E-state index is 11.0. The Morgan fingerprint density at radius 3 is 1.47 bits per heavy atom. The van der Waals surface area contributed by atoms with Crippen molar-refractivity contribution in [3.8, 4) is 0 Å². The largest absolute Gasteiger partial charge is 2.00 e. The number of rotatable bonds is 7. The third-order valence-electron chi connectivity index (χ3n) is 10.7. The van der Waals surface area contributed by atoms with Gasteiger partial charge in [-0.3, -0.25) is 4.79 Å². The molecule has 5 aliphatic rings. The molecule has 0 bridgehead atoms. The summed E-state index contributed by atoms with van der Waals surface area (Å²) in [5.41, 5.74) is 27.3. The maximum Gasteiger partial charge on any atom is 2.00 e. The molecule has 0 spiro atoms. The number of allylic oxidation sites excluding steroid dienone is 7. The predicted molar refractivity (Wildman–Crippen MR) is 294 cm³/mol. The molecule has 4 atom stereocenters. The molecule has 0 amide bonds. The second kappa shape index (κ2) is 52.2. The number of H-pyrrole nitrogens is 2. The Bertz CT molecular complexity index is 1650. The zero-order valence-corrected chi connectivity index (χ0v) is 52.0. The minimum Gasteiger partial charge on any atom is -1.00 e. The molecule has 0 aromatic carbocycles. The van der Waals surface area contributed by atoms with E-state index in [-0.39, 0.29) is 140 Å². The molecule has 0 saturated carbocycles. The van der Waals surface area contributed by atoms with Crippen LogP contribution < -0.4 is 52.2 Å². The van der Waals surface area contributed by atoms with Crippen LogP contribution in [0.1, 0.15) is 190 Å². The summed E-state index contributed by atoms with van der Waals surface area (Å²) in [7, 11) is 0. The number of Topliss-reactive ketones (excluding diaryl/α,β-unsaturated/α-hetero) is 1. The predicted octanol–water partition coefficient (Wildman–Crippen LogP) is 10.6. The number of carbonyl (C=O) groups excluding carboxylic acids is 1. The number of ether oxygens (including phenoxy) is 1. The fraction of sp³-hybridized carbons (Fsp3) is 0.653. The van der Waals surface area contributed by atoms with Crippen LogP contribution in [0.5, 0.6) is 0 Å². The van der Waals surface area contributed by atoms with Gasteiger partial charge >= 0.3 is 106 Å². The van der Waals surface area contributed by atoms with Gasteiger partial charge in [0.15, 0.2) is 5.78 Å². The number of nitrogens with one attached hydrogen (secondary N) is 2. The van der Waals surface area contributed by atoms with Crippen LogP contribution in [0.4, 0.5) is 0 Å². The average Bonchev–Trinajstić information content (AvgIpc) is 4.03. The summed E-state index contributed by atoms with van der Waals surface area (Å²) in [6.07, 6.45) is 18.0. The molecular formula is C49H90BBr3CeCl3MgN2NaO5. The first-order valence-corrected chi connectivity index (χ1v) is 33.5. The van der Waals surface area contributed by atoms with Crippen LogP contribution in [0.15, 0.2) is 77.4 Å². The number of halogens is 6. The quantitative estimate of drug-likeness (QED) is 0.0940. The summed E-state index contributed by atoms with van der Waals surface area (Å²) in [4.78, 5) is 27.1. The van der Waals surface area contributed by atoms with E-state index in [9.17, 15) is 14.7 Å². The summed E-state index contributed by atoms with van der Waals surface area (Å²) in [6, 6.07) is 0. The van der Waals surface area contributed by atoms with Gasteiger partial charge in [0.2, 0.25) is 0 Å². The molecule has 0 fully saturated rings. The van der Waals surface area contributed by atoms with Crippen LogP contribution in [-0.4, -0.2) is 75.7 Å². The molecule has 7 nitrogen and oxygen atoms in total. The number of hydrogen-bond donors (Lipinski definition) is 4. The monoisotopic (exact) mass is 1330 g/mol. The third kappa shape index (κ3) is 35.5. The van der Waals surface area contributed by atoms with Gasteiger partial charge in [-0.05, 0) is 151 Å². The number of carbonyl (C=O) groups is 1. The van der Waals surface area contributed by atoms with E-state index in [2.05, 4.69) is 96.9 Å². The van der Waals surface area contributed by atoms with Crippen molar-refractivity contribution in [2.75, 3.05) is 0 Å². The SMILES string of the molecule is C.C.C.C.C.C=COC1CCC(C)=C1CC.CC1=C(Br)C(=O)CC1.CC1=C(Br)C(O)CC1.CCC1=C(C)CCC1Cc1c[nH]c(=O)[nH]1.CCC1=C(C)CCC1O.[B].[Br-].[CH2-]C.[Cl][Ce]([Cl])[Cl].[H-].[Mg+2].[Na+]. The van der Waals surface area contributed by atoms with Crippen LogP contribution in [0.2, 0.25) is 0 Å². The molecule has 0 saturated heterocycles. The van der Waals surface area contributed by atoms with Gasteiger partial charge in [0.05, 0.1) is 23.0 Å². The van der Waals surface area contributed by atoms with Crippen molar-refractivity contribution in [3.63, 3.8) is 0 Å². The second-order valence-electron chi connectivity index (χ2n) is 14.5. The minimum atomic E-state index is -2.24. The smallest absolute Gasteiger partial charge is 1.00 e. The van der Waals surface area contributed by atoms with Gasteiger partial charge in [-0.1, -0.05) is 114 Å². The van der Waals surface area contributed by atoms with Crippen molar-refractivity contribution in [1.82, 2.24) is 9.97 Å². The van der Waals surface area contributed by atoms with Crippen molar-refractivity contribution in [3.05, 3.63) is 95.7 Å². The van der Waals surface area contributed by atoms with Crippen molar-refractivity contribution in [1.29, 1.82) is 0 Å². The maximum atomic E-state index is 11.0. The molecule has 66 heavy (non-hydrogen) atoms. The molecule has 3 radical (unpaired) electrons. The summed E-state index contributed by atoms with van der Waals surface area (Å²) in [6.45, 7) is 25.7. The van der Waals surface area contributed by atoms with E-state index in [0.717, 1.165) is 78.9 Å². The van der Waals surface area contributed by atoms with Crippen LogP contribution in [0.3, 0.4) is 0 Å². The number of imidazole rings is 1. The van der Waals surface area contributed by atoms with Gasteiger partial charge < -0.3 is 50.2 Å². The van der Waals surface area contributed by atoms with Crippen molar-refractivity contribution in [2.24, 2.45) is 5.92 Å². The molecule has 378 valence electrons. The minimum absolute atomic E-state index is 0. The van der Waals surface area contributed by atoms with Gasteiger partial charge in [0.25, 0.3) is 0 Å². The van der Waals surface area contributed by atoms with Gasteiger partial charge in [0.1, 0.15) is 6.10 Å². The third-order valence-corrected chi connectivity index (χ3v) is 13.1. The number of aromatic amines is 2. The van der Waals surface area contributed by atoms with E-state index in [1.165, 1.54) is 52.7 Å². The fourth-order valence-corrected chi connectivity index (χ4v) is 8.36. The van der Waals surface area contributed by atoms with Gasteiger partial charge in [-0.15, -0.1) is 0 Å². The molecule has 4 N–H and O–H groups in total. The molecule has 17 heteroatoms. The molecule has 1 aromatic heterocycles. The van der Waals surface area contributed by atoms with E-state index < -0.39 is 30.7 Å². The Hall–Kier alpha value is 2.36. The average molecular weight is 1330 g/mol. The Balaban J connectivity index is -0.0000000618. The standard InChI is InChI=1S/C12H18N2O.C10H16O.C8H14O.C6H9BrO.C6H7BrO.C2H5.5CH4.B.BrH.Ce.3ClH.Mg.Na.H/c1-3-11-8(2)4-5-9(11)6-10-7-13-12(15)14-10;1-4-9-8(3)6-7-10(9)11-5-2;1-3-7-6(2)4-5-8(7)9;2*1-4-2-3-5(8)6(4)7;1-2;;;;;;;;;;;;;;/h7,9H,3-6H2,1-2H3,(H2,13,14,15);5,10H,2,4,6-7H2,1,3H3;8-9H,3-5H2,1-2H3;5,8H,2-3H2,1H3;2-3H2,1H3;1H2,2H3;5*1H4;;1H;;3*1H;;;/q;;;;;-1;;;;;;;;+3;;;;+2;+1;-1/p-4. The zero-order chi connectivity index (χ0) is 43.8. The number of aliphatic hydroxyl groups is 2. The molecule has 1 heterocycles. The first kappa shape index (κ1) is 91.1. The number of ketones is 1. The first-order chi connectivity index (χ1) is 26.9. The number of aromatic nitrogens is 2. The van der Waals surface area contributed by atoms with Crippen molar-refractivity contribution >= 4 is 86.0 Å². The summed E-state index contributed by atoms with van der Waals surface area (Å²) >= 11 is 4.26. The van der Waals surface area contributed by atoms with Crippen LogP contribution in [0.25, 0.3) is 0 Å². The van der Waals surface area contributed by atoms with E-state index in [1.54, 1.807) is 30.5 Å². The van der Waals surface area contributed by atoms with Crippen molar-refractivity contribution < 1.29 is 98.4 Å². The van der Waals surface area contributed by atoms with Crippen LogP contribution in [0, 0.1) is 43.5 Å². The van der Waals surface area contributed by atoms with Gasteiger partial charge in [-0.2, -0.15) is 6.92 Å². The summed E-state index contributed by atoms with van der Waals surface area (Å²) < 4.78 is 7.18. The fourth-order valence-electron chi connectivity index (χ4n) is 7.54. The zero-order valence-electron chi connectivity index (χ0n) is 39.4. The van der Waals surface area contributed by atoms with E-state index in [1.807, 2.05) is 13.8 Å². The van der Waals surface area contributed by atoms with E-state index in [4.69, 9.17) is 26.7 Å². The Labute approximate surface area is 496 Å². The molecule has 4 unspecified atom stereocenters. The molecule has 6 rings (SSSR count). The Kier molecular flexibility index (Phi) is 72.1. The first-order valence-electron chi connectivity index (χ1n) is 20.1. The van der Waals surface area contributed by atoms with Crippen LogP contribution >= 0.6 is 48.7 Å². The molecular weight excluding hydrogens is 1240 g/mol. The summed E-state index contributed by atoms with van der Waals surface area (Å²) in [5.74, 6) is 0.893. The van der Waals surface area contributed by atoms with Crippen LogP contribution in [-0.2, 0) is 16.0 Å². The normalized spacial score (nSPS) is 19.2. The molecule has 1 aromatic rings. The van der Waals surface area contributed by atoms with E-state index in [0.29, 0.717) is 18.4 Å². The Morgan fingerprint density at radius 2 is 1.18 bits per heavy atom. The number of aliphatic hydroxyl groups excluding tert-OH is 2. The molecule has 0 aliphatic heterocycles. The van der Waals surface area contributed by atoms with Gasteiger partial charge in [0, 0.05) is 31.2 Å². The Morgan fingerprint density at radius 1 is 0.758 bits per heavy atom.